The van der Waals surface area contributed by atoms with E-state index in [1.807, 2.05) is 21.1 Å². The third-order valence-corrected chi connectivity index (χ3v) is 11.6. The fraction of sp³-hybridized carbons (Fsp3) is 0.804. The third kappa shape index (κ3) is 49.0. The number of ether oxygens (including phenoxy) is 4. The van der Waals surface area contributed by atoms with Gasteiger partial charge in [0.15, 0.2) is 6.10 Å². The second kappa shape index (κ2) is 47.7. The van der Waals surface area contributed by atoms with E-state index in [1.54, 1.807) is 0 Å². The lowest BCUT2D eigenvalue weighted by atomic mass is 10.0. The number of aliphatic carboxylic acids is 1. The third-order valence-electron chi connectivity index (χ3n) is 11.6. The Morgan fingerprint density at radius 2 is 0.877 bits per heavy atom. The van der Waals surface area contributed by atoms with Crippen LogP contribution in [-0.4, -0.2) is 87.4 Å². The molecule has 9 nitrogen and oxygen atoms in total. The Bertz CT molecular complexity index is 1210. The highest BCUT2D eigenvalue weighted by Gasteiger charge is 2.25. The number of carbonyl (C=O) groups is 3. The summed E-state index contributed by atoms with van der Waals surface area (Å²) in [6.45, 7) is 4.77. The van der Waals surface area contributed by atoms with E-state index in [2.05, 4.69) is 62.5 Å². The summed E-state index contributed by atoms with van der Waals surface area (Å²) in [6.07, 6.45) is 54.6. The Kier molecular flexibility index (Phi) is 45.7. The van der Waals surface area contributed by atoms with Crippen LogP contribution in [0.15, 0.2) is 48.6 Å². The summed E-state index contributed by atoms with van der Waals surface area (Å²) in [5.41, 5.74) is 0. The summed E-state index contributed by atoms with van der Waals surface area (Å²) in [6, 6.07) is 0. The molecule has 0 saturated carbocycles. The van der Waals surface area contributed by atoms with Gasteiger partial charge in [0.05, 0.1) is 34.4 Å². The van der Waals surface area contributed by atoms with Gasteiger partial charge in [-0.05, 0) is 51.4 Å². The monoisotopic (exact) mass is 917 g/mol. The van der Waals surface area contributed by atoms with Crippen LogP contribution in [0.3, 0.4) is 0 Å². The topological polar surface area (TPSA) is 108 Å². The summed E-state index contributed by atoms with van der Waals surface area (Å²) < 4.78 is 22.8. The van der Waals surface area contributed by atoms with E-state index < -0.39 is 24.3 Å². The highest BCUT2D eigenvalue weighted by molar-refractivity contribution is 5.71. The van der Waals surface area contributed by atoms with E-state index >= 15 is 0 Å². The normalized spacial score (nSPS) is 13.2. The van der Waals surface area contributed by atoms with E-state index in [0.717, 1.165) is 83.5 Å². The highest BCUT2D eigenvalue weighted by atomic mass is 16.7. The van der Waals surface area contributed by atoms with Crippen LogP contribution in [0.2, 0.25) is 0 Å². The van der Waals surface area contributed by atoms with Gasteiger partial charge in [-0.15, -0.1) is 0 Å². The van der Waals surface area contributed by atoms with Crippen molar-refractivity contribution < 1.29 is 42.9 Å². The number of allylic oxidation sites excluding steroid dienone is 8. The fourth-order valence-corrected chi connectivity index (χ4v) is 7.48. The van der Waals surface area contributed by atoms with Crippen LogP contribution in [0, 0.1) is 0 Å². The zero-order valence-corrected chi connectivity index (χ0v) is 42.9. The largest absolute Gasteiger partial charge is 0.477 e. The number of carboxylic acids is 1. The summed E-state index contributed by atoms with van der Waals surface area (Å²) in [4.78, 5) is 37.3. The second-order valence-electron chi connectivity index (χ2n) is 19.2. The standard InChI is InChI=1S/C56H101NO8/c1-6-8-10-12-14-16-18-20-22-24-26-27-29-30-32-34-36-38-40-42-44-46-53(58)63-50-52(51-64-56(55(60)61)62-49-48-57(3,4)5)65-54(59)47-45-43-41-39-37-35-33-31-28-25-23-21-19-17-15-13-11-9-7-2/h9,11,15,17,21,23,28,31,52,56H,6-8,10,12-14,16,18-20,22,24-27,29-30,32-51H2,1-5H3/p+1/b11-9-,17-15-,23-21-,31-28-. The first-order valence-corrected chi connectivity index (χ1v) is 26.8. The molecule has 0 heterocycles. The fourth-order valence-electron chi connectivity index (χ4n) is 7.48. The molecular formula is C56H102NO8+. The molecule has 378 valence electrons. The van der Waals surface area contributed by atoms with Gasteiger partial charge in [0, 0.05) is 12.8 Å². The molecule has 9 heteroatoms. The molecule has 0 saturated heterocycles. The van der Waals surface area contributed by atoms with E-state index in [4.69, 9.17) is 18.9 Å². The Labute approximate surface area is 400 Å². The van der Waals surface area contributed by atoms with Crippen molar-refractivity contribution in [3.05, 3.63) is 48.6 Å². The lowest BCUT2D eigenvalue weighted by molar-refractivity contribution is -0.870. The minimum Gasteiger partial charge on any atom is -0.477 e. The molecule has 65 heavy (non-hydrogen) atoms. The highest BCUT2D eigenvalue weighted by Crippen LogP contribution is 2.16. The van der Waals surface area contributed by atoms with Gasteiger partial charge in [-0.3, -0.25) is 9.59 Å². The van der Waals surface area contributed by atoms with Crippen molar-refractivity contribution >= 4 is 17.9 Å². The first-order valence-electron chi connectivity index (χ1n) is 26.8. The van der Waals surface area contributed by atoms with E-state index in [0.29, 0.717) is 23.9 Å². The molecule has 0 aromatic carbocycles. The van der Waals surface area contributed by atoms with Gasteiger partial charge >= 0.3 is 17.9 Å². The van der Waals surface area contributed by atoms with Gasteiger partial charge in [0.2, 0.25) is 0 Å². The lowest BCUT2D eigenvalue weighted by Crippen LogP contribution is -2.40. The average Bonchev–Trinajstić information content (AvgIpc) is 3.27. The first kappa shape index (κ1) is 62.2. The van der Waals surface area contributed by atoms with Crippen molar-refractivity contribution in [3.63, 3.8) is 0 Å². The molecule has 0 spiro atoms. The van der Waals surface area contributed by atoms with Crippen LogP contribution < -0.4 is 0 Å². The predicted octanol–water partition coefficient (Wildman–Crippen LogP) is 15.1. The quantitative estimate of drug-likeness (QED) is 0.0211. The number of quaternary nitrogens is 1. The number of esters is 2. The predicted molar refractivity (Wildman–Crippen MR) is 272 cm³/mol. The van der Waals surface area contributed by atoms with E-state index in [1.165, 1.54) is 116 Å². The van der Waals surface area contributed by atoms with Crippen molar-refractivity contribution in [1.29, 1.82) is 0 Å². The molecule has 1 N–H and O–H groups in total. The van der Waals surface area contributed by atoms with Crippen molar-refractivity contribution in [3.8, 4) is 0 Å². The second-order valence-corrected chi connectivity index (χ2v) is 19.2. The molecule has 2 unspecified atom stereocenters. The number of hydrogen-bond acceptors (Lipinski definition) is 7. The minimum atomic E-state index is -1.51. The smallest absolute Gasteiger partial charge is 0.361 e. The van der Waals surface area contributed by atoms with Crippen LogP contribution in [-0.2, 0) is 33.3 Å². The van der Waals surface area contributed by atoms with Crippen LogP contribution in [0.25, 0.3) is 0 Å². The van der Waals surface area contributed by atoms with Gasteiger partial charge < -0.3 is 28.5 Å². The molecule has 2 atom stereocenters. The summed E-state index contributed by atoms with van der Waals surface area (Å²) >= 11 is 0. The molecule has 0 aromatic rings. The van der Waals surface area contributed by atoms with Crippen molar-refractivity contribution in [2.45, 2.75) is 245 Å². The Balaban J connectivity index is 4.31. The van der Waals surface area contributed by atoms with Crippen LogP contribution in [0.4, 0.5) is 0 Å². The molecule has 0 amide bonds. The van der Waals surface area contributed by atoms with Gasteiger partial charge in [0.1, 0.15) is 13.2 Å². The van der Waals surface area contributed by atoms with Gasteiger partial charge in [-0.1, -0.05) is 217 Å². The molecule has 0 aliphatic heterocycles. The number of rotatable bonds is 49. The van der Waals surface area contributed by atoms with Crippen molar-refractivity contribution in [2.24, 2.45) is 0 Å². The molecule has 0 aromatic heterocycles. The Morgan fingerprint density at radius 1 is 0.477 bits per heavy atom. The first-order chi connectivity index (χ1) is 31.6. The Morgan fingerprint density at radius 3 is 1.31 bits per heavy atom. The summed E-state index contributed by atoms with van der Waals surface area (Å²) in [5.74, 6) is -2.02. The number of hydrogen-bond donors (Lipinski definition) is 1. The Hall–Kier alpha value is -2.75. The van der Waals surface area contributed by atoms with E-state index in [-0.39, 0.29) is 32.2 Å². The molecule has 0 fully saturated rings. The number of unbranched alkanes of at least 4 members (excludes halogenated alkanes) is 26. The maximum Gasteiger partial charge on any atom is 0.361 e. The number of likely N-dealkylation sites (N-methyl/N-ethyl adjacent to an activating group) is 1. The molecule has 0 aliphatic rings. The lowest BCUT2D eigenvalue weighted by Gasteiger charge is -2.25. The maximum atomic E-state index is 12.8. The molecule has 0 bridgehead atoms. The van der Waals surface area contributed by atoms with E-state index in [9.17, 15) is 19.5 Å². The number of carbonyl (C=O) groups excluding carboxylic acids is 2. The zero-order chi connectivity index (χ0) is 47.7. The zero-order valence-electron chi connectivity index (χ0n) is 42.9. The summed E-state index contributed by atoms with van der Waals surface area (Å²) in [5, 5.41) is 9.68. The van der Waals surface area contributed by atoms with Crippen LogP contribution >= 0.6 is 0 Å². The van der Waals surface area contributed by atoms with Crippen LogP contribution in [0.1, 0.15) is 232 Å². The molecule has 0 rings (SSSR count). The van der Waals surface area contributed by atoms with Gasteiger partial charge in [-0.25, -0.2) is 4.79 Å². The average molecular weight is 917 g/mol. The molecular weight excluding hydrogens is 815 g/mol. The minimum absolute atomic E-state index is 0.184. The molecule has 0 aliphatic carbocycles. The SMILES string of the molecule is CC/C=C\C/C=C\C/C=C\C/C=C\CCCCCCCCC(=O)OC(COC(=O)CCCCCCCCCCCCCCCCCCCCCCC)COC(OCC[N+](C)(C)C)C(=O)O. The molecule has 0 radical (unpaired) electrons. The number of nitrogens with zero attached hydrogens (tertiary/aromatic N) is 1. The van der Waals surface area contributed by atoms with Crippen molar-refractivity contribution in [2.75, 3.05) is 47.5 Å². The van der Waals surface area contributed by atoms with Crippen LogP contribution in [0.5, 0.6) is 0 Å². The maximum absolute atomic E-state index is 12.8. The number of carboxylic acid groups (broad SMARTS) is 1. The van der Waals surface area contributed by atoms with Crippen molar-refractivity contribution in [1.82, 2.24) is 0 Å². The summed E-state index contributed by atoms with van der Waals surface area (Å²) in [7, 11) is 5.96. The van der Waals surface area contributed by atoms with Gasteiger partial charge in [-0.2, -0.15) is 0 Å². The van der Waals surface area contributed by atoms with Gasteiger partial charge in [0.25, 0.3) is 6.29 Å².